The molecular formula is C28H31N3O5. The lowest BCUT2D eigenvalue weighted by Crippen LogP contribution is -2.48. The molecule has 36 heavy (non-hydrogen) atoms. The summed E-state index contributed by atoms with van der Waals surface area (Å²) >= 11 is 0. The van der Waals surface area contributed by atoms with Gasteiger partial charge >= 0.3 is 0 Å². The molecule has 0 unspecified atom stereocenters. The Morgan fingerprint density at radius 3 is 2.50 bits per heavy atom. The van der Waals surface area contributed by atoms with E-state index in [-0.39, 0.29) is 30.8 Å². The fourth-order valence-corrected chi connectivity index (χ4v) is 4.50. The van der Waals surface area contributed by atoms with Gasteiger partial charge in [-0.05, 0) is 48.2 Å². The van der Waals surface area contributed by atoms with Gasteiger partial charge in [0.2, 0.25) is 11.8 Å². The van der Waals surface area contributed by atoms with Crippen molar-refractivity contribution in [3.63, 3.8) is 0 Å². The zero-order chi connectivity index (χ0) is 25.3. The number of furan rings is 1. The summed E-state index contributed by atoms with van der Waals surface area (Å²) in [4.78, 5) is 41.2. The van der Waals surface area contributed by atoms with Gasteiger partial charge in [0, 0.05) is 12.6 Å². The molecule has 0 spiro atoms. The molecule has 0 aliphatic heterocycles. The quantitative estimate of drug-likeness (QED) is 0.451. The van der Waals surface area contributed by atoms with Gasteiger partial charge < -0.3 is 24.7 Å². The van der Waals surface area contributed by atoms with E-state index in [0.717, 1.165) is 31.2 Å². The van der Waals surface area contributed by atoms with Crippen LogP contribution in [-0.4, -0.2) is 42.3 Å². The standard InChI is InChI=1S/C28H31N3O5/c1-35-23-14-7-9-20(17-23)19-31(25(32)18-29-27(33)24-15-8-16-36-24)26(21-10-3-2-4-11-21)28(34)30-22-12-5-6-13-22/h2-4,7-11,14-17,22,26H,5-6,12-13,18-19H2,1H3,(H,29,33)(H,30,34)/t26-/m0/s1. The van der Waals surface area contributed by atoms with Crippen LogP contribution in [0.3, 0.4) is 0 Å². The number of amides is 3. The number of ether oxygens (including phenoxy) is 1. The number of carbonyl (C=O) groups is 3. The number of nitrogens with one attached hydrogen (secondary N) is 2. The van der Waals surface area contributed by atoms with Crippen LogP contribution in [0.2, 0.25) is 0 Å². The molecule has 8 heteroatoms. The molecule has 1 aliphatic carbocycles. The van der Waals surface area contributed by atoms with Crippen molar-refractivity contribution in [2.75, 3.05) is 13.7 Å². The van der Waals surface area contributed by atoms with E-state index in [1.807, 2.05) is 54.6 Å². The highest BCUT2D eigenvalue weighted by molar-refractivity contribution is 5.95. The first-order valence-electron chi connectivity index (χ1n) is 12.1. The van der Waals surface area contributed by atoms with Gasteiger partial charge in [0.1, 0.15) is 11.8 Å². The van der Waals surface area contributed by atoms with Crippen molar-refractivity contribution in [2.45, 2.75) is 44.3 Å². The lowest BCUT2D eigenvalue weighted by molar-refractivity contribution is -0.141. The topological polar surface area (TPSA) is 101 Å². The van der Waals surface area contributed by atoms with E-state index in [1.165, 1.54) is 17.2 Å². The number of methoxy groups -OCH3 is 1. The normalized spacial score (nSPS) is 14.1. The minimum Gasteiger partial charge on any atom is -0.497 e. The highest BCUT2D eigenvalue weighted by Gasteiger charge is 2.33. The summed E-state index contributed by atoms with van der Waals surface area (Å²) in [6.07, 6.45) is 5.40. The summed E-state index contributed by atoms with van der Waals surface area (Å²) in [5.41, 5.74) is 1.50. The minimum atomic E-state index is -0.869. The Morgan fingerprint density at radius 1 is 1.03 bits per heavy atom. The first kappa shape index (κ1) is 25.0. The van der Waals surface area contributed by atoms with Crippen LogP contribution in [0.25, 0.3) is 0 Å². The third-order valence-corrected chi connectivity index (χ3v) is 6.33. The highest BCUT2D eigenvalue weighted by Crippen LogP contribution is 2.26. The van der Waals surface area contributed by atoms with Gasteiger partial charge in [-0.3, -0.25) is 14.4 Å². The van der Waals surface area contributed by atoms with E-state index in [1.54, 1.807) is 13.2 Å². The summed E-state index contributed by atoms with van der Waals surface area (Å²) in [6.45, 7) is -0.131. The average Bonchev–Trinajstić information content (AvgIpc) is 3.62. The lowest BCUT2D eigenvalue weighted by Gasteiger charge is -2.32. The Kier molecular flexibility index (Phi) is 8.39. The molecule has 1 saturated carbocycles. The molecule has 2 aromatic carbocycles. The molecule has 0 saturated heterocycles. The highest BCUT2D eigenvalue weighted by atomic mass is 16.5. The van der Waals surface area contributed by atoms with Crippen molar-refractivity contribution in [1.29, 1.82) is 0 Å². The van der Waals surface area contributed by atoms with Gasteiger partial charge in [0.05, 0.1) is 19.9 Å². The zero-order valence-corrected chi connectivity index (χ0v) is 20.3. The number of benzene rings is 2. The molecule has 4 rings (SSSR count). The SMILES string of the molecule is COc1cccc(CN(C(=O)CNC(=O)c2ccco2)[C@H](C(=O)NC2CCCC2)c2ccccc2)c1. The molecule has 188 valence electrons. The van der Waals surface area contributed by atoms with Crippen LogP contribution < -0.4 is 15.4 Å². The van der Waals surface area contributed by atoms with E-state index in [9.17, 15) is 14.4 Å². The number of hydrogen-bond donors (Lipinski definition) is 2. The molecule has 3 amide bonds. The van der Waals surface area contributed by atoms with E-state index in [2.05, 4.69) is 10.6 Å². The first-order chi connectivity index (χ1) is 17.5. The Hall–Kier alpha value is -4.07. The van der Waals surface area contributed by atoms with E-state index >= 15 is 0 Å². The van der Waals surface area contributed by atoms with Crippen molar-refractivity contribution in [3.05, 3.63) is 89.9 Å². The molecule has 0 radical (unpaired) electrons. The molecule has 2 N–H and O–H groups in total. The van der Waals surface area contributed by atoms with Gasteiger partial charge in [-0.25, -0.2) is 0 Å². The molecule has 1 aromatic heterocycles. The van der Waals surface area contributed by atoms with Crippen molar-refractivity contribution < 1.29 is 23.5 Å². The van der Waals surface area contributed by atoms with Crippen molar-refractivity contribution in [2.24, 2.45) is 0 Å². The molecular weight excluding hydrogens is 458 g/mol. The fourth-order valence-electron chi connectivity index (χ4n) is 4.50. The summed E-state index contributed by atoms with van der Waals surface area (Å²) in [6, 6.07) is 19.0. The van der Waals surface area contributed by atoms with Gasteiger partial charge in [0.15, 0.2) is 5.76 Å². The van der Waals surface area contributed by atoms with Crippen LogP contribution >= 0.6 is 0 Å². The number of nitrogens with zero attached hydrogens (tertiary/aromatic N) is 1. The molecule has 1 heterocycles. The van der Waals surface area contributed by atoms with Gasteiger partial charge in [-0.15, -0.1) is 0 Å². The Labute approximate surface area is 210 Å². The summed E-state index contributed by atoms with van der Waals surface area (Å²) < 4.78 is 10.5. The maximum atomic E-state index is 13.7. The summed E-state index contributed by atoms with van der Waals surface area (Å²) in [5, 5.41) is 5.76. The van der Waals surface area contributed by atoms with Crippen LogP contribution in [0.15, 0.2) is 77.4 Å². The fraction of sp³-hybridized carbons (Fsp3) is 0.321. The first-order valence-corrected chi connectivity index (χ1v) is 12.1. The maximum Gasteiger partial charge on any atom is 0.287 e. The monoisotopic (exact) mass is 489 g/mol. The lowest BCUT2D eigenvalue weighted by atomic mass is 10.0. The van der Waals surface area contributed by atoms with E-state index in [4.69, 9.17) is 9.15 Å². The predicted octanol–water partition coefficient (Wildman–Crippen LogP) is 3.85. The van der Waals surface area contributed by atoms with Gasteiger partial charge in [-0.2, -0.15) is 0 Å². The Bertz CT molecular complexity index is 1160. The van der Waals surface area contributed by atoms with E-state index < -0.39 is 17.9 Å². The van der Waals surface area contributed by atoms with Crippen LogP contribution in [0.5, 0.6) is 5.75 Å². The predicted molar refractivity (Wildman–Crippen MR) is 134 cm³/mol. The third-order valence-electron chi connectivity index (χ3n) is 6.33. The maximum absolute atomic E-state index is 13.7. The molecule has 1 aliphatic rings. The second-order valence-electron chi connectivity index (χ2n) is 8.84. The van der Waals surface area contributed by atoms with Crippen molar-refractivity contribution >= 4 is 17.7 Å². The second-order valence-corrected chi connectivity index (χ2v) is 8.84. The number of rotatable bonds is 10. The van der Waals surface area contributed by atoms with Gasteiger partial charge in [-0.1, -0.05) is 55.3 Å². The molecule has 0 bridgehead atoms. The van der Waals surface area contributed by atoms with Crippen LogP contribution in [0, 0.1) is 0 Å². The van der Waals surface area contributed by atoms with Crippen molar-refractivity contribution in [1.82, 2.24) is 15.5 Å². The van der Waals surface area contributed by atoms with Crippen LogP contribution in [-0.2, 0) is 16.1 Å². The molecule has 1 fully saturated rings. The average molecular weight is 490 g/mol. The van der Waals surface area contributed by atoms with Crippen LogP contribution in [0.4, 0.5) is 0 Å². The Balaban J connectivity index is 1.63. The minimum absolute atomic E-state index is 0.0936. The zero-order valence-electron chi connectivity index (χ0n) is 20.3. The summed E-state index contributed by atoms with van der Waals surface area (Å²) in [7, 11) is 1.58. The largest absolute Gasteiger partial charge is 0.497 e. The Morgan fingerprint density at radius 2 is 1.81 bits per heavy atom. The van der Waals surface area contributed by atoms with Gasteiger partial charge in [0.25, 0.3) is 5.91 Å². The second kappa shape index (κ2) is 12.1. The third kappa shape index (κ3) is 6.33. The van der Waals surface area contributed by atoms with Crippen LogP contribution in [0.1, 0.15) is 53.4 Å². The number of carbonyl (C=O) groups excluding carboxylic acids is 3. The smallest absolute Gasteiger partial charge is 0.287 e. The number of hydrogen-bond acceptors (Lipinski definition) is 5. The van der Waals surface area contributed by atoms with Crippen molar-refractivity contribution in [3.8, 4) is 5.75 Å². The molecule has 8 nitrogen and oxygen atoms in total. The molecule has 1 atom stereocenters. The molecule has 3 aromatic rings. The van der Waals surface area contributed by atoms with E-state index in [0.29, 0.717) is 11.3 Å². The summed E-state index contributed by atoms with van der Waals surface area (Å²) in [5.74, 6) is -0.366.